The molecule has 0 aromatic carbocycles. The van der Waals surface area contributed by atoms with Gasteiger partial charge < -0.3 is 10.2 Å². The van der Waals surface area contributed by atoms with E-state index in [0.29, 0.717) is 5.41 Å². The van der Waals surface area contributed by atoms with Crippen molar-refractivity contribution in [3.63, 3.8) is 0 Å². The highest BCUT2D eigenvalue weighted by Gasteiger charge is 2.27. The molecule has 2 nitrogen and oxygen atoms in total. The van der Waals surface area contributed by atoms with Crippen molar-refractivity contribution in [1.29, 1.82) is 0 Å². The molecule has 2 rings (SSSR count). The van der Waals surface area contributed by atoms with Crippen molar-refractivity contribution in [2.75, 3.05) is 26.2 Å². The molecule has 1 aliphatic heterocycles. The molecular formula is C15H30N2. The molecule has 1 heterocycles. The standard InChI is InChI=1S/C15H30N2/c1-13-5-4-9-17(10-8-13)12-15(2,3)11-16-14-6-7-14/h13-14,16H,4-12H2,1-3H3. The first kappa shape index (κ1) is 13.4. The lowest BCUT2D eigenvalue weighted by molar-refractivity contribution is 0.177. The van der Waals surface area contributed by atoms with E-state index >= 15 is 0 Å². The third-order valence-electron chi connectivity index (χ3n) is 4.21. The fraction of sp³-hybridized carbons (Fsp3) is 1.00. The van der Waals surface area contributed by atoms with E-state index in [-0.39, 0.29) is 0 Å². The van der Waals surface area contributed by atoms with Crippen molar-refractivity contribution in [3.05, 3.63) is 0 Å². The number of nitrogens with one attached hydrogen (secondary N) is 1. The van der Waals surface area contributed by atoms with Crippen molar-refractivity contribution in [3.8, 4) is 0 Å². The van der Waals surface area contributed by atoms with Crippen LogP contribution in [0.2, 0.25) is 0 Å². The van der Waals surface area contributed by atoms with Crippen LogP contribution < -0.4 is 5.32 Å². The molecule has 1 N–H and O–H groups in total. The van der Waals surface area contributed by atoms with E-state index in [4.69, 9.17) is 0 Å². The SMILES string of the molecule is CC1CCCN(CC(C)(C)CNC2CC2)CC1. The van der Waals surface area contributed by atoms with Gasteiger partial charge in [-0.1, -0.05) is 20.8 Å². The molecule has 0 radical (unpaired) electrons. The second-order valence-electron chi connectivity index (χ2n) is 7.13. The zero-order valence-electron chi connectivity index (χ0n) is 12.0. The lowest BCUT2D eigenvalue weighted by Crippen LogP contribution is -2.41. The summed E-state index contributed by atoms with van der Waals surface area (Å²) >= 11 is 0. The predicted octanol–water partition coefficient (Wildman–Crippen LogP) is 2.89. The first-order valence-corrected chi connectivity index (χ1v) is 7.51. The average Bonchev–Trinajstić information content (AvgIpc) is 3.05. The van der Waals surface area contributed by atoms with Gasteiger partial charge in [0.15, 0.2) is 0 Å². The molecule has 0 spiro atoms. The lowest BCUT2D eigenvalue weighted by Gasteiger charge is -2.32. The summed E-state index contributed by atoms with van der Waals surface area (Å²) < 4.78 is 0. The van der Waals surface area contributed by atoms with Gasteiger partial charge in [-0.15, -0.1) is 0 Å². The van der Waals surface area contributed by atoms with Crippen LogP contribution in [-0.2, 0) is 0 Å². The molecule has 1 unspecified atom stereocenters. The Bertz CT molecular complexity index is 233. The minimum atomic E-state index is 0.427. The van der Waals surface area contributed by atoms with E-state index in [0.717, 1.165) is 12.0 Å². The van der Waals surface area contributed by atoms with Gasteiger partial charge in [0, 0.05) is 19.1 Å². The molecule has 1 atom stereocenters. The average molecular weight is 238 g/mol. The molecule has 2 heteroatoms. The maximum Gasteiger partial charge on any atom is 0.00684 e. The normalized spacial score (nSPS) is 28.1. The van der Waals surface area contributed by atoms with Crippen LogP contribution in [0, 0.1) is 11.3 Å². The van der Waals surface area contributed by atoms with Crippen LogP contribution in [0.25, 0.3) is 0 Å². The lowest BCUT2D eigenvalue weighted by atomic mass is 9.92. The van der Waals surface area contributed by atoms with E-state index in [2.05, 4.69) is 31.0 Å². The van der Waals surface area contributed by atoms with Crippen LogP contribution in [0.1, 0.15) is 52.9 Å². The molecule has 0 aromatic heterocycles. The molecule has 100 valence electrons. The molecule has 1 saturated carbocycles. The monoisotopic (exact) mass is 238 g/mol. The Balaban J connectivity index is 1.72. The summed E-state index contributed by atoms with van der Waals surface area (Å²) in [6.07, 6.45) is 7.02. The van der Waals surface area contributed by atoms with Gasteiger partial charge in [-0.05, 0) is 56.5 Å². The van der Waals surface area contributed by atoms with E-state index in [1.165, 1.54) is 58.3 Å². The van der Waals surface area contributed by atoms with Crippen LogP contribution in [0.4, 0.5) is 0 Å². The minimum absolute atomic E-state index is 0.427. The Morgan fingerprint density at radius 1 is 1.12 bits per heavy atom. The third kappa shape index (κ3) is 4.97. The molecule has 17 heavy (non-hydrogen) atoms. The summed E-state index contributed by atoms with van der Waals surface area (Å²) in [6.45, 7) is 12.3. The van der Waals surface area contributed by atoms with E-state index < -0.39 is 0 Å². The van der Waals surface area contributed by atoms with Gasteiger partial charge in [0.2, 0.25) is 0 Å². The van der Waals surface area contributed by atoms with Crippen LogP contribution in [0.15, 0.2) is 0 Å². The molecule has 2 fully saturated rings. The van der Waals surface area contributed by atoms with Gasteiger partial charge >= 0.3 is 0 Å². The Labute approximate surface area is 107 Å². The summed E-state index contributed by atoms with van der Waals surface area (Å²) in [6, 6.07) is 0.846. The third-order valence-corrected chi connectivity index (χ3v) is 4.21. The Morgan fingerprint density at radius 3 is 2.59 bits per heavy atom. The molecule has 1 aliphatic carbocycles. The van der Waals surface area contributed by atoms with Gasteiger partial charge in [0.05, 0.1) is 0 Å². The van der Waals surface area contributed by atoms with Crippen LogP contribution >= 0.6 is 0 Å². The maximum atomic E-state index is 3.68. The summed E-state index contributed by atoms with van der Waals surface area (Å²) in [5.41, 5.74) is 0.427. The Kier molecular flexibility index (Phi) is 4.48. The highest BCUT2D eigenvalue weighted by Crippen LogP contribution is 2.24. The number of hydrogen-bond donors (Lipinski definition) is 1. The van der Waals surface area contributed by atoms with Crippen LogP contribution in [0.3, 0.4) is 0 Å². The number of nitrogens with zero attached hydrogens (tertiary/aromatic N) is 1. The number of likely N-dealkylation sites (tertiary alicyclic amines) is 1. The van der Waals surface area contributed by atoms with E-state index in [1.54, 1.807) is 0 Å². The van der Waals surface area contributed by atoms with Gasteiger partial charge in [0.25, 0.3) is 0 Å². The fourth-order valence-electron chi connectivity index (χ4n) is 2.85. The molecule has 0 amide bonds. The minimum Gasteiger partial charge on any atom is -0.313 e. The number of hydrogen-bond acceptors (Lipinski definition) is 2. The molecule has 0 bridgehead atoms. The summed E-state index contributed by atoms with van der Waals surface area (Å²) in [5.74, 6) is 0.938. The van der Waals surface area contributed by atoms with E-state index in [9.17, 15) is 0 Å². The smallest absolute Gasteiger partial charge is 0.00684 e. The second-order valence-corrected chi connectivity index (χ2v) is 7.13. The molecule has 1 saturated heterocycles. The van der Waals surface area contributed by atoms with Crippen molar-refractivity contribution in [2.24, 2.45) is 11.3 Å². The van der Waals surface area contributed by atoms with Gasteiger partial charge in [-0.2, -0.15) is 0 Å². The van der Waals surface area contributed by atoms with Crippen molar-refractivity contribution >= 4 is 0 Å². The quantitative estimate of drug-likeness (QED) is 0.792. The Hall–Kier alpha value is -0.0800. The topological polar surface area (TPSA) is 15.3 Å². The molecule has 2 aliphatic rings. The van der Waals surface area contributed by atoms with Gasteiger partial charge in [0.1, 0.15) is 0 Å². The van der Waals surface area contributed by atoms with Gasteiger partial charge in [-0.25, -0.2) is 0 Å². The molecular weight excluding hydrogens is 208 g/mol. The summed E-state index contributed by atoms with van der Waals surface area (Å²) in [5, 5.41) is 3.68. The second kappa shape index (κ2) is 5.71. The van der Waals surface area contributed by atoms with Crippen LogP contribution in [0.5, 0.6) is 0 Å². The maximum absolute atomic E-state index is 3.68. The first-order chi connectivity index (χ1) is 8.05. The van der Waals surface area contributed by atoms with Gasteiger partial charge in [-0.3, -0.25) is 0 Å². The zero-order valence-corrected chi connectivity index (χ0v) is 12.0. The van der Waals surface area contributed by atoms with E-state index in [1.807, 2.05) is 0 Å². The van der Waals surface area contributed by atoms with Crippen molar-refractivity contribution in [2.45, 2.75) is 58.9 Å². The summed E-state index contributed by atoms with van der Waals surface area (Å²) in [7, 11) is 0. The van der Waals surface area contributed by atoms with Crippen molar-refractivity contribution < 1.29 is 0 Å². The fourth-order valence-corrected chi connectivity index (χ4v) is 2.85. The van der Waals surface area contributed by atoms with Crippen LogP contribution in [-0.4, -0.2) is 37.1 Å². The Morgan fingerprint density at radius 2 is 1.88 bits per heavy atom. The molecule has 0 aromatic rings. The zero-order chi connectivity index (χ0) is 12.3. The highest BCUT2D eigenvalue weighted by molar-refractivity contribution is 4.85. The van der Waals surface area contributed by atoms with Crippen molar-refractivity contribution in [1.82, 2.24) is 10.2 Å². The predicted molar refractivity (Wildman–Crippen MR) is 74.3 cm³/mol. The highest BCUT2D eigenvalue weighted by atomic mass is 15.1. The first-order valence-electron chi connectivity index (χ1n) is 7.51. The number of rotatable bonds is 5. The largest absolute Gasteiger partial charge is 0.313 e. The summed E-state index contributed by atoms with van der Waals surface area (Å²) in [4.78, 5) is 2.69.